The summed E-state index contributed by atoms with van der Waals surface area (Å²) in [5, 5.41) is 5.55. The van der Waals surface area contributed by atoms with E-state index in [2.05, 4.69) is 26.6 Å². The molecular weight excluding hydrogens is 292 g/mol. The predicted octanol–water partition coefficient (Wildman–Crippen LogP) is 4.40. The second-order valence-electron chi connectivity index (χ2n) is 3.92. The molecular formula is C14H13BrN2O. The van der Waals surface area contributed by atoms with Crippen molar-refractivity contribution < 1.29 is 4.79 Å². The Hall–Kier alpha value is -1.81. The topological polar surface area (TPSA) is 41.1 Å². The summed E-state index contributed by atoms with van der Waals surface area (Å²) in [5.74, 6) is 0. The highest BCUT2D eigenvalue weighted by Gasteiger charge is 2.04. The molecule has 3 nitrogen and oxygen atoms in total. The van der Waals surface area contributed by atoms with Crippen LogP contribution in [0.5, 0.6) is 0 Å². The van der Waals surface area contributed by atoms with Crippen LogP contribution in [0.3, 0.4) is 0 Å². The highest BCUT2D eigenvalue weighted by Crippen LogP contribution is 2.21. The van der Waals surface area contributed by atoms with Gasteiger partial charge in [0, 0.05) is 10.2 Å². The van der Waals surface area contributed by atoms with Gasteiger partial charge < -0.3 is 10.6 Å². The number of hydrogen-bond acceptors (Lipinski definition) is 1. The van der Waals surface area contributed by atoms with Gasteiger partial charge in [0.2, 0.25) is 0 Å². The minimum absolute atomic E-state index is 0.259. The lowest BCUT2D eigenvalue weighted by molar-refractivity contribution is 0.262. The molecule has 0 spiro atoms. The molecule has 92 valence electrons. The molecule has 0 aliphatic heterocycles. The quantitative estimate of drug-likeness (QED) is 0.848. The van der Waals surface area contributed by atoms with Crippen LogP contribution in [0.15, 0.2) is 53.0 Å². The third-order valence-corrected chi connectivity index (χ3v) is 3.12. The summed E-state index contributed by atoms with van der Waals surface area (Å²) in [6, 6.07) is 14.9. The van der Waals surface area contributed by atoms with Crippen molar-refractivity contribution in [3.63, 3.8) is 0 Å². The number of para-hydroxylation sites is 1. The number of anilines is 2. The van der Waals surface area contributed by atoms with Crippen LogP contribution >= 0.6 is 15.9 Å². The number of amides is 2. The maximum absolute atomic E-state index is 11.8. The van der Waals surface area contributed by atoms with Gasteiger partial charge in [-0.25, -0.2) is 4.79 Å². The fourth-order valence-corrected chi connectivity index (χ4v) is 1.87. The fraction of sp³-hybridized carbons (Fsp3) is 0.0714. The first kappa shape index (κ1) is 12.6. The van der Waals surface area contributed by atoms with Crippen LogP contribution in [0.4, 0.5) is 16.2 Å². The third-order valence-electron chi connectivity index (χ3n) is 2.43. The lowest BCUT2D eigenvalue weighted by Gasteiger charge is -2.09. The van der Waals surface area contributed by atoms with Crippen molar-refractivity contribution in [2.24, 2.45) is 0 Å². The maximum Gasteiger partial charge on any atom is 0.323 e. The van der Waals surface area contributed by atoms with E-state index in [-0.39, 0.29) is 6.03 Å². The zero-order valence-electron chi connectivity index (χ0n) is 9.91. The summed E-state index contributed by atoms with van der Waals surface area (Å²) in [5.41, 5.74) is 2.67. The van der Waals surface area contributed by atoms with E-state index in [0.717, 1.165) is 21.4 Å². The Balaban J connectivity index is 2.01. The van der Waals surface area contributed by atoms with Gasteiger partial charge >= 0.3 is 6.03 Å². The van der Waals surface area contributed by atoms with Crippen LogP contribution in [0.2, 0.25) is 0 Å². The average molecular weight is 305 g/mol. The third kappa shape index (κ3) is 3.34. The van der Waals surface area contributed by atoms with Gasteiger partial charge in [-0.05, 0) is 47.1 Å². The number of nitrogens with one attached hydrogen (secondary N) is 2. The summed E-state index contributed by atoms with van der Waals surface area (Å²) >= 11 is 3.38. The Morgan fingerprint density at radius 3 is 2.33 bits per heavy atom. The molecule has 2 amide bonds. The lowest BCUT2D eigenvalue weighted by atomic mass is 10.2. The molecule has 0 atom stereocenters. The van der Waals surface area contributed by atoms with Crippen molar-refractivity contribution in [2.75, 3.05) is 10.6 Å². The van der Waals surface area contributed by atoms with Crippen molar-refractivity contribution >= 4 is 33.3 Å². The van der Waals surface area contributed by atoms with E-state index in [1.54, 1.807) is 0 Å². The van der Waals surface area contributed by atoms with Gasteiger partial charge in [0.25, 0.3) is 0 Å². The number of hydrogen-bond donors (Lipinski definition) is 2. The molecule has 2 rings (SSSR count). The molecule has 0 aliphatic rings. The van der Waals surface area contributed by atoms with E-state index in [1.807, 2.05) is 55.5 Å². The molecule has 0 aliphatic carbocycles. The summed E-state index contributed by atoms with van der Waals surface area (Å²) in [6.07, 6.45) is 0. The standard InChI is InChI=1S/C14H13BrN2O/c1-10-6-8-11(9-7-10)16-14(18)17-13-5-3-2-4-12(13)15/h2-9H,1H3,(H2,16,17,18). The summed E-state index contributed by atoms with van der Waals surface area (Å²) in [7, 11) is 0. The van der Waals surface area contributed by atoms with E-state index in [0.29, 0.717) is 0 Å². The summed E-state index contributed by atoms with van der Waals surface area (Å²) < 4.78 is 0.851. The van der Waals surface area contributed by atoms with Crippen molar-refractivity contribution in [1.29, 1.82) is 0 Å². The van der Waals surface area contributed by atoms with Gasteiger partial charge in [-0.2, -0.15) is 0 Å². The van der Waals surface area contributed by atoms with Crippen LogP contribution in [0, 0.1) is 6.92 Å². The first-order chi connectivity index (χ1) is 8.65. The van der Waals surface area contributed by atoms with Crippen molar-refractivity contribution in [2.45, 2.75) is 6.92 Å². The van der Waals surface area contributed by atoms with Crippen LogP contribution in [-0.2, 0) is 0 Å². The molecule has 0 saturated heterocycles. The zero-order chi connectivity index (χ0) is 13.0. The summed E-state index contributed by atoms with van der Waals surface area (Å²) in [6.45, 7) is 2.00. The van der Waals surface area contributed by atoms with Crippen LogP contribution in [-0.4, -0.2) is 6.03 Å². The predicted molar refractivity (Wildman–Crippen MR) is 78.0 cm³/mol. The molecule has 0 fully saturated rings. The normalized spacial score (nSPS) is 9.89. The van der Waals surface area contributed by atoms with Gasteiger partial charge in [-0.3, -0.25) is 0 Å². The average Bonchev–Trinajstić information content (AvgIpc) is 2.35. The van der Waals surface area contributed by atoms with Crippen molar-refractivity contribution in [3.8, 4) is 0 Å². The molecule has 0 aromatic heterocycles. The lowest BCUT2D eigenvalue weighted by Crippen LogP contribution is -2.19. The second-order valence-corrected chi connectivity index (χ2v) is 4.78. The molecule has 0 heterocycles. The van der Waals surface area contributed by atoms with Gasteiger partial charge in [0.1, 0.15) is 0 Å². The van der Waals surface area contributed by atoms with E-state index in [9.17, 15) is 4.79 Å². The van der Waals surface area contributed by atoms with Gasteiger partial charge in [0.05, 0.1) is 5.69 Å². The number of carbonyl (C=O) groups excluding carboxylic acids is 1. The monoisotopic (exact) mass is 304 g/mol. The van der Waals surface area contributed by atoms with Crippen LogP contribution in [0.1, 0.15) is 5.56 Å². The Morgan fingerprint density at radius 1 is 1.00 bits per heavy atom. The van der Waals surface area contributed by atoms with Crippen molar-refractivity contribution in [3.05, 3.63) is 58.6 Å². The highest BCUT2D eigenvalue weighted by molar-refractivity contribution is 9.10. The Labute approximate surface area is 114 Å². The van der Waals surface area contributed by atoms with Crippen LogP contribution in [0.25, 0.3) is 0 Å². The molecule has 2 N–H and O–H groups in total. The molecule has 2 aromatic rings. The maximum atomic E-state index is 11.8. The summed E-state index contributed by atoms with van der Waals surface area (Å²) in [4.78, 5) is 11.8. The molecule has 18 heavy (non-hydrogen) atoms. The number of urea groups is 1. The molecule has 2 aromatic carbocycles. The Kier molecular flexibility index (Phi) is 3.99. The number of rotatable bonds is 2. The minimum atomic E-state index is -0.259. The molecule has 4 heteroatoms. The number of carbonyl (C=O) groups is 1. The second kappa shape index (κ2) is 5.69. The Bertz CT molecular complexity index is 552. The number of halogens is 1. The van der Waals surface area contributed by atoms with Gasteiger partial charge in [0.15, 0.2) is 0 Å². The first-order valence-electron chi connectivity index (χ1n) is 5.54. The molecule has 0 unspecified atom stereocenters. The van der Waals surface area contributed by atoms with Gasteiger partial charge in [-0.1, -0.05) is 29.8 Å². The van der Waals surface area contributed by atoms with E-state index in [1.165, 1.54) is 0 Å². The first-order valence-corrected chi connectivity index (χ1v) is 6.33. The SMILES string of the molecule is Cc1ccc(NC(=O)Nc2ccccc2Br)cc1. The van der Waals surface area contributed by atoms with Crippen LogP contribution < -0.4 is 10.6 Å². The van der Waals surface area contributed by atoms with Crippen molar-refractivity contribution in [1.82, 2.24) is 0 Å². The largest absolute Gasteiger partial charge is 0.323 e. The molecule has 0 bridgehead atoms. The zero-order valence-corrected chi connectivity index (χ0v) is 11.5. The van der Waals surface area contributed by atoms with E-state index >= 15 is 0 Å². The van der Waals surface area contributed by atoms with E-state index < -0.39 is 0 Å². The highest BCUT2D eigenvalue weighted by atomic mass is 79.9. The van der Waals surface area contributed by atoms with Gasteiger partial charge in [-0.15, -0.1) is 0 Å². The minimum Gasteiger partial charge on any atom is -0.308 e. The van der Waals surface area contributed by atoms with E-state index in [4.69, 9.17) is 0 Å². The smallest absolute Gasteiger partial charge is 0.308 e. The number of aryl methyl sites for hydroxylation is 1. The molecule has 0 saturated carbocycles. The Morgan fingerprint density at radius 2 is 1.67 bits per heavy atom. The molecule has 0 radical (unpaired) electrons. The fourth-order valence-electron chi connectivity index (χ4n) is 1.48. The number of benzene rings is 2.